The van der Waals surface area contributed by atoms with Gasteiger partial charge in [-0.05, 0) is 39.0 Å². The average Bonchev–Trinajstić information content (AvgIpc) is 2.63. The number of hydrogen-bond acceptors (Lipinski definition) is 6. The number of carbonyl (C=O) groups excluding carboxylic acids is 3. The van der Waals surface area contributed by atoms with Gasteiger partial charge >= 0.3 is 5.97 Å². The van der Waals surface area contributed by atoms with Gasteiger partial charge < -0.3 is 14.9 Å². The maximum Gasteiger partial charge on any atom is 0.310 e. The number of ketones is 2. The van der Waals surface area contributed by atoms with Crippen molar-refractivity contribution in [2.75, 3.05) is 0 Å². The molecule has 0 saturated heterocycles. The van der Waals surface area contributed by atoms with Crippen LogP contribution < -0.4 is 0 Å². The molecule has 0 aromatic heterocycles. The van der Waals surface area contributed by atoms with Crippen molar-refractivity contribution in [3.05, 3.63) is 70.9 Å². The Kier molecular flexibility index (Phi) is 6.93. The summed E-state index contributed by atoms with van der Waals surface area (Å²) in [6.07, 6.45) is 5.31. The van der Waals surface area contributed by atoms with Crippen molar-refractivity contribution in [1.29, 1.82) is 0 Å². The van der Waals surface area contributed by atoms with E-state index in [1.807, 2.05) is 13.8 Å². The second kappa shape index (κ2) is 9.19. The lowest BCUT2D eigenvalue weighted by Gasteiger charge is -2.23. The van der Waals surface area contributed by atoms with E-state index in [2.05, 4.69) is 6.58 Å². The number of allylic oxidation sites excluding steroid dienone is 4. The molecule has 0 spiro atoms. The highest BCUT2D eigenvalue weighted by molar-refractivity contribution is 6.27. The van der Waals surface area contributed by atoms with Crippen LogP contribution in [0.25, 0.3) is 0 Å². The van der Waals surface area contributed by atoms with Crippen LogP contribution in [0.3, 0.4) is 0 Å². The number of fused-ring (bicyclic) bond motifs is 1. The number of ether oxygens (including phenoxy) is 1. The third-order valence-corrected chi connectivity index (χ3v) is 4.23. The molecule has 6 nitrogen and oxygen atoms in total. The highest BCUT2D eigenvalue weighted by atomic mass is 16.5. The predicted octanol–water partition coefficient (Wildman–Crippen LogP) is 4.19. The van der Waals surface area contributed by atoms with Crippen molar-refractivity contribution in [2.45, 2.75) is 39.7 Å². The number of phenols is 2. The van der Waals surface area contributed by atoms with Gasteiger partial charge in [0.15, 0.2) is 11.6 Å². The summed E-state index contributed by atoms with van der Waals surface area (Å²) in [5.74, 6) is -2.68. The molecule has 0 heterocycles. The zero-order valence-corrected chi connectivity index (χ0v) is 16.7. The highest BCUT2D eigenvalue weighted by Crippen LogP contribution is 2.36. The van der Waals surface area contributed by atoms with Crippen molar-refractivity contribution < 1.29 is 29.3 Å². The van der Waals surface area contributed by atoms with Crippen LogP contribution in [0.5, 0.6) is 11.5 Å². The highest BCUT2D eigenvalue weighted by Gasteiger charge is 2.35. The van der Waals surface area contributed by atoms with Crippen molar-refractivity contribution in [2.24, 2.45) is 0 Å². The molecule has 0 amide bonds. The molecule has 1 aromatic rings. The largest absolute Gasteiger partial charge is 0.507 e. The SMILES string of the molecule is C=C(C)/C=C/CC(=O)O[C@H](CC=C(C)C)C1=CC(=O)c2c(O)ccc(O)c2C1=O. The molecule has 0 radical (unpaired) electrons. The second-order valence-corrected chi connectivity index (χ2v) is 7.10. The van der Waals surface area contributed by atoms with Crippen molar-refractivity contribution in [3.63, 3.8) is 0 Å². The number of aromatic hydroxyl groups is 2. The van der Waals surface area contributed by atoms with Crippen molar-refractivity contribution in [1.82, 2.24) is 0 Å². The molecule has 6 heteroatoms. The molecule has 0 unspecified atom stereocenters. The summed E-state index contributed by atoms with van der Waals surface area (Å²) in [4.78, 5) is 37.7. The molecule has 0 saturated carbocycles. The fourth-order valence-electron chi connectivity index (χ4n) is 2.87. The number of carbonyl (C=O) groups is 3. The molecule has 1 aliphatic carbocycles. The molecule has 152 valence electrons. The van der Waals surface area contributed by atoms with E-state index in [1.54, 1.807) is 25.2 Å². The Morgan fingerprint density at radius 1 is 1.14 bits per heavy atom. The summed E-state index contributed by atoms with van der Waals surface area (Å²) >= 11 is 0. The third-order valence-electron chi connectivity index (χ3n) is 4.23. The lowest BCUT2D eigenvalue weighted by Crippen LogP contribution is -2.29. The van der Waals surface area contributed by atoms with E-state index in [-0.39, 0.29) is 29.5 Å². The maximum atomic E-state index is 13.0. The molecule has 1 aromatic carbocycles. The van der Waals surface area contributed by atoms with Crippen molar-refractivity contribution >= 4 is 17.5 Å². The Balaban J connectivity index is 2.38. The Bertz CT molecular complexity index is 958. The summed E-state index contributed by atoms with van der Waals surface area (Å²) in [7, 11) is 0. The first-order chi connectivity index (χ1) is 13.6. The lowest BCUT2D eigenvalue weighted by molar-refractivity contribution is -0.146. The van der Waals surface area contributed by atoms with Gasteiger partial charge in [-0.3, -0.25) is 14.4 Å². The number of phenolic OH excluding ortho intramolecular Hbond substituents is 2. The molecule has 0 aliphatic heterocycles. The molecule has 1 aliphatic rings. The molecule has 2 rings (SSSR count). The summed E-state index contributed by atoms with van der Waals surface area (Å²) in [5.41, 5.74) is 1.15. The standard InChI is InChI=1S/C23H24O6/c1-13(2)6-5-7-20(27)29-19(11-8-14(3)4)15-12-18(26)21-16(24)9-10-17(25)22(21)23(15)28/h5-6,8-10,12,19,24-25H,1,7,11H2,2-4H3/b6-5+/t19-/m1/s1. The summed E-state index contributed by atoms with van der Waals surface area (Å²) in [6, 6.07) is 2.29. The van der Waals surface area contributed by atoms with E-state index < -0.39 is 35.1 Å². The molecule has 1 atom stereocenters. The monoisotopic (exact) mass is 396 g/mol. The zero-order chi connectivity index (χ0) is 21.7. The van der Waals surface area contributed by atoms with Gasteiger partial charge in [0.25, 0.3) is 0 Å². The van der Waals surface area contributed by atoms with Gasteiger partial charge in [-0.1, -0.05) is 36.0 Å². The fraction of sp³-hybridized carbons (Fsp3) is 0.261. The normalized spacial score (nSPS) is 14.2. The van der Waals surface area contributed by atoms with Crippen LogP contribution >= 0.6 is 0 Å². The van der Waals surface area contributed by atoms with Gasteiger partial charge in [-0.2, -0.15) is 0 Å². The maximum absolute atomic E-state index is 13.0. The number of rotatable bonds is 7. The third kappa shape index (κ3) is 5.31. The Labute approximate surface area is 169 Å². The molecular weight excluding hydrogens is 372 g/mol. The van der Waals surface area contributed by atoms with E-state index in [0.29, 0.717) is 0 Å². The van der Waals surface area contributed by atoms with Gasteiger partial charge in [0.1, 0.15) is 17.6 Å². The van der Waals surface area contributed by atoms with Crippen LogP contribution in [0.15, 0.2) is 59.7 Å². The average molecular weight is 396 g/mol. The Morgan fingerprint density at radius 3 is 2.34 bits per heavy atom. The van der Waals surface area contributed by atoms with Crippen molar-refractivity contribution in [3.8, 4) is 11.5 Å². The molecule has 29 heavy (non-hydrogen) atoms. The topological polar surface area (TPSA) is 101 Å². The smallest absolute Gasteiger partial charge is 0.310 e. The zero-order valence-electron chi connectivity index (χ0n) is 16.7. The lowest BCUT2D eigenvalue weighted by atomic mass is 9.85. The first kappa shape index (κ1) is 21.9. The fourth-order valence-corrected chi connectivity index (χ4v) is 2.87. The summed E-state index contributed by atoms with van der Waals surface area (Å²) in [5, 5.41) is 20.0. The van der Waals surface area contributed by atoms with Crippen LogP contribution in [-0.2, 0) is 9.53 Å². The first-order valence-corrected chi connectivity index (χ1v) is 9.12. The number of hydrogen-bond donors (Lipinski definition) is 2. The minimum Gasteiger partial charge on any atom is -0.507 e. The predicted molar refractivity (Wildman–Crippen MR) is 109 cm³/mol. The van der Waals surface area contributed by atoms with Crippen LogP contribution in [0, 0.1) is 0 Å². The molecular formula is C23H24O6. The molecule has 0 bridgehead atoms. The van der Waals surface area contributed by atoms with Crippen LogP contribution in [0.2, 0.25) is 0 Å². The summed E-state index contributed by atoms with van der Waals surface area (Å²) < 4.78 is 5.48. The van der Waals surface area contributed by atoms with Gasteiger partial charge in [0.05, 0.1) is 17.5 Å². The van der Waals surface area contributed by atoms with Crippen LogP contribution in [-0.4, -0.2) is 33.9 Å². The van der Waals surface area contributed by atoms with E-state index in [1.165, 1.54) is 0 Å². The van der Waals surface area contributed by atoms with Crippen LogP contribution in [0.1, 0.15) is 54.3 Å². The molecule has 2 N–H and O–H groups in total. The minimum atomic E-state index is -0.998. The van der Waals surface area contributed by atoms with E-state index in [0.717, 1.165) is 29.4 Å². The Hall–Kier alpha value is -3.41. The van der Waals surface area contributed by atoms with Crippen LogP contribution in [0.4, 0.5) is 0 Å². The number of Topliss-reactive ketones (excluding diaryl/α,β-unsaturated/α-hetero) is 1. The quantitative estimate of drug-likeness (QED) is 0.310. The van der Waals surface area contributed by atoms with Gasteiger partial charge in [0, 0.05) is 12.0 Å². The Morgan fingerprint density at radius 2 is 1.76 bits per heavy atom. The minimum absolute atomic E-state index is 0.0176. The van der Waals surface area contributed by atoms with Gasteiger partial charge in [-0.15, -0.1) is 0 Å². The van der Waals surface area contributed by atoms with Gasteiger partial charge in [-0.25, -0.2) is 0 Å². The number of esters is 1. The first-order valence-electron chi connectivity index (χ1n) is 9.12. The van der Waals surface area contributed by atoms with E-state index in [9.17, 15) is 24.6 Å². The van der Waals surface area contributed by atoms with Gasteiger partial charge in [0.2, 0.25) is 0 Å². The molecule has 0 fully saturated rings. The summed E-state index contributed by atoms with van der Waals surface area (Å²) in [6.45, 7) is 9.21. The second-order valence-electron chi connectivity index (χ2n) is 7.10. The van der Waals surface area contributed by atoms with E-state index >= 15 is 0 Å². The number of benzene rings is 1. The van der Waals surface area contributed by atoms with E-state index in [4.69, 9.17) is 4.74 Å².